The number of hydrogen-bond donors (Lipinski definition) is 1. The molecule has 0 aliphatic carbocycles. The predicted octanol–water partition coefficient (Wildman–Crippen LogP) is 5.48. The number of Topliss-reactive ketones (excluding diaryl/α,β-unsaturated/α-hetero) is 1. The van der Waals surface area contributed by atoms with Gasteiger partial charge in [0, 0.05) is 17.4 Å². The summed E-state index contributed by atoms with van der Waals surface area (Å²) in [7, 11) is 0. The number of nitrogens with zero attached hydrogens (tertiary/aromatic N) is 1. The molecule has 1 aliphatic rings. The lowest BCUT2D eigenvalue weighted by Gasteiger charge is -2.39. The Labute approximate surface area is 218 Å². The molecular formula is C26H27ClN2O4S2. The molecule has 0 saturated carbocycles. The van der Waals surface area contributed by atoms with E-state index >= 15 is 0 Å². The fourth-order valence-electron chi connectivity index (χ4n) is 3.82. The Balaban J connectivity index is 1.58. The number of carbonyl (C=O) groups is 2. The number of amides is 1. The highest BCUT2D eigenvalue weighted by Gasteiger charge is 2.48. The Morgan fingerprint density at radius 3 is 2.63 bits per heavy atom. The second-order valence-corrected chi connectivity index (χ2v) is 11.5. The van der Waals surface area contributed by atoms with Gasteiger partial charge in [0.2, 0.25) is 11.8 Å². The molecule has 0 spiro atoms. The third-order valence-electron chi connectivity index (χ3n) is 5.43. The van der Waals surface area contributed by atoms with E-state index in [0.29, 0.717) is 34.7 Å². The van der Waals surface area contributed by atoms with Gasteiger partial charge < -0.3 is 14.8 Å². The summed E-state index contributed by atoms with van der Waals surface area (Å²) in [6.45, 7) is 6.70. The summed E-state index contributed by atoms with van der Waals surface area (Å²) >= 11 is 8.94. The average Bonchev–Trinajstić information content (AvgIpc) is 3.35. The van der Waals surface area contributed by atoms with E-state index in [4.69, 9.17) is 21.1 Å². The maximum atomic E-state index is 13.4. The summed E-state index contributed by atoms with van der Waals surface area (Å²) in [6, 6.07) is 14.5. The van der Waals surface area contributed by atoms with Gasteiger partial charge in [-0.3, -0.25) is 9.59 Å². The number of hydrogen-bond acceptors (Lipinski definition) is 7. The normalized spacial score (nSPS) is 20.5. The fraction of sp³-hybridized carbons (Fsp3) is 0.346. The molecule has 1 fully saturated rings. The molecule has 1 amide bonds. The van der Waals surface area contributed by atoms with Gasteiger partial charge in [0.05, 0.1) is 22.9 Å². The summed E-state index contributed by atoms with van der Waals surface area (Å²) in [6.07, 6.45) is 0.0706. The lowest BCUT2D eigenvalue weighted by atomic mass is 9.79. The molecule has 0 radical (unpaired) electrons. The second kappa shape index (κ2) is 10.7. The first-order valence-electron chi connectivity index (χ1n) is 11.2. The Kier molecular flexibility index (Phi) is 7.86. The van der Waals surface area contributed by atoms with Crippen molar-refractivity contribution in [1.82, 2.24) is 10.3 Å². The largest absolute Gasteiger partial charge is 0.475 e. The summed E-state index contributed by atoms with van der Waals surface area (Å²) in [5.74, 6) is -0.149. The molecule has 2 aromatic heterocycles. The lowest BCUT2D eigenvalue weighted by Crippen LogP contribution is -2.58. The molecule has 2 unspecified atom stereocenters. The molecule has 3 aromatic rings. The fourth-order valence-corrected chi connectivity index (χ4v) is 5.79. The third kappa shape index (κ3) is 6.06. The summed E-state index contributed by atoms with van der Waals surface area (Å²) in [5.41, 5.74) is 0.0269. The SMILES string of the molecule is CC(C)(C)OCCOc1cccc(C2(c3ccsc3)CC(=O)C(Sc3ccccc3Cl)C(=O)N2)n1. The molecule has 6 nitrogen and oxygen atoms in total. The van der Waals surface area contributed by atoms with Crippen molar-refractivity contribution in [3.63, 3.8) is 0 Å². The number of piperidine rings is 1. The van der Waals surface area contributed by atoms with Gasteiger partial charge in [-0.15, -0.1) is 11.8 Å². The molecule has 184 valence electrons. The van der Waals surface area contributed by atoms with Crippen molar-refractivity contribution >= 4 is 46.4 Å². The van der Waals surface area contributed by atoms with Crippen LogP contribution in [0.3, 0.4) is 0 Å². The number of carbonyl (C=O) groups excluding carboxylic acids is 2. The molecule has 0 bridgehead atoms. The standard InChI is InChI=1S/C26H27ClN2O4S2/c1-25(2,3)33-13-12-32-22-10-6-9-21(28-22)26(17-11-14-34-16-17)15-19(30)23(24(31)29-26)35-20-8-5-4-7-18(20)27/h4-11,14,16,23H,12-13,15H2,1-3H3,(H,29,31). The Morgan fingerprint density at radius 1 is 1.14 bits per heavy atom. The van der Waals surface area contributed by atoms with Crippen molar-refractivity contribution in [2.75, 3.05) is 13.2 Å². The highest BCUT2D eigenvalue weighted by Crippen LogP contribution is 2.41. The zero-order valence-electron chi connectivity index (χ0n) is 19.7. The van der Waals surface area contributed by atoms with E-state index in [1.807, 2.05) is 61.9 Å². The molecule has 9 heteroatoms. The van der Waals surface area contributed by atoms with Crippen molar-refractivity contribution in [2.45, 2.75) is 48.5 Å². The molecule has 1 aliphatic heterocycles. The second-order valence-electron chi connectivity index (χ2n) is 9.15. The van der Waals surface area contributed by atoms with Gasteiger partial charge >= 0.3 is 0 Å². The minimum absolute atomic E-state index is 0.0706. The Bertz CT molecular complexity index is 1180. The van der Waals surface area contributed by atoms with Crippen LogP contribution in [-0.4, -0.2) is 40.7 Å². The van der Waals surface area contributed by atoms with Crippen LogP contribution in [0.1, 0.15) is 38.4 Å². The quantitative estimate of drug-likeness (QED) is 0.307. The van der Waals surface area contributed by atoms with Crippen molar-refractivity contribution in [3.05, 3.63) is 75.6 Å². The number of benzene rings is 1. The number of thioether (sulfide) groups is 1. The van der Waals surface area contributed by atoms with Gasteiger partial charge in [0.15, 0.2) is 5.78 Å². The van der Waals surface area contributed by atoms with E-state index in [1.165, 1.54) is 23.1 Å². The van der Waals surface area contributed by atoms with Crippen LogP contribution in [0.5, 0.6) is 5.88 Å². The van der Waals surface area contributed by atoms with Crippen LogP contribution < -0.4 is 10.1 Å². The number of thiophene rings is 1. The van der Waals surface area contributed by atoms with Gasteiger partial charge in [-0.05, 0) is 61.4 Å². The highest BCUT2D eigenvalue weighted by atomic mass is 35.5. The van der Waals surface area contributed by atoms with Crippen LogP contribution in [0.2, 0.25) is 5.02 Å². The van der Waals surface area contributed by atoms with E-state index in [0.717, 1.165) is 5.56 Å². The average molecular weight is 531 g/mol. The first-order valence-corrected chi connectivity index (χ1v) is 13.4. The summed E-state index contributed by atoms with van der Waals surface area (Å²) in [5, 5.41) is 6.59. The van der Waals surface area contributed by atoms with Crippen LogP contribution >= 0.6 is 34.7 Å². The minimum atomic E-state index is -1.08. The summed E-state index contributed by atoms with van der Waals surface area (Å²) < 4.78 is 11.5. The molecule has 35 heavy (non-hydrogen) atoms. The summed E-state index contributed by atoms with van der Waals surface area (Å²) in [4.78, 5) is 32.1. The van der Waals surface area contributed by atoms with Crippen LogP contribution in [0.4, 0.5) is 0 Å². The van der Waals surface area contributed by atoms with Crippen LogP contribution in [0, 0.1) is 0 Å². The number of pyridine rings is 1. The number of aromatic nitrogens is 1. The van der Waals surface area contributed by atoms with Gasteiger partial charge in [-0.2, -0.15) is 11.3 Å². The number of ether oxygens (including phenoxy) is 2. The van der Waals surface area contributed by atoms with Crippen molar-refractivity contribution in [2.24, 2.45) is 0 Å². The third-order valence-corrected chi connectivity index (χ3v) is 7.88. The molecule has 1 saturated heterocycles. The highest BCUT2D eigenvalue weighted by molar-refractivity contribution is 8.01. The molecule has 1 N–H and O–H groups in total. The van der Waals surface area contributed by atoms with E-state index in [9.17, 15) is 9.59 Å². The maximum absolute atomic E-state index is 13.4. The number of ketones is 1. The zero-order chi connectivity index (χ0) is 25.1. The molecule has 2 atom stereocenters. The molecule has 1 aromatic carbocycles. The first-order chi connectivity index (χ1) is 16.7. The van der Waals surface area contributed by atoms with Gasteiger partial charge in [-0.25, -0.2) is 4.98 Å². The maximum Gasteiger partial charge on any atom is 0.242 e. The van der Waals surface area contributed by atoms with E-state index in [2.05, 4.69) is 10.3 Å². The monoisotopic (exact) mass is 530 g/mol. The van der Waals surface area contributed by atoms with Crippen LogP contribution in [0.25, 0.3) is 0 Å². The minimum Gasteiger partial charge on any atom is -0.475 e. The van der Waals surface area contributed by atoms with Crippen molar-refractivity contribution in [3.8, 4) is 5.88 Å². The molecule has 3 heterocycles. The smallest absolute Gasteiger partial charge is 0.242 e. The number of halogens is 1. The van der Waals surface area contributed by atoms with E-state index in [1.54, 1.807) is 18.2 Å². The van der Waals surface area contributed by atoms with Gasteiger partial charge in [0.25, 0.3) is 0 Å². The van der Waals surface area contributed by atoms with E-state index in [-0.39, 0.29) is 23.7 Å². The number of nitrogens with one attached hydrogen (secondary N) is 1. The Hall–Kier alpha value is -2.39. The Morgan fingerprint density at radius 2 is 1.94 bits per heavy atom. The van der Waals surface area contributed by atoms with Gasteiger partial charge in [-0.1, -0.05) is 29.8 Å². The zero-order valence-corrected chi connectivity index (χ0v) is 22.1. The molecule has 4 rings (SSSR count). The predicted molar refractivity (Wildman–Crippen MR) is 139 cm³/mol. The topological polar surface area (TPSA) is 77.5 Å². The van der Waals surface area contributed by atoms with E-state index < -0.39 is 10.8 Å². The van der Waals surface area contributed by atoms with Gasteiger partial charge in [0.1, 0.15) is 17.4 Å². The number of rotatable bonds is 8. The van der Waals surface area contributed by atoms with Crippen LogP contribution in [0.15, 0.2) is 64.2 Å². The lowest BCUT2D eigenvalue weighted by molar-refractivity contribution is -0.133. The van der Waals surface area contributed by atoms with Crippen molar-refractivity contribution in [1.29, 1.82) is 0 Å². The first kappa shape index (κ1) is 25.7. The van der Waals surface area contributed by atoms with Crippen LogP contribution in [-0.2, 0) is 19.9 Å². The van der Waals surface area contributed by atoms with Crippen molar-refractivity contribution < 1.29 is 19.1 Å². The molecular weight excluding hydrogens is 504 g/mol.